The first-order chi connectivity index (χ1) is 8.92. The van der Waals surface area contributed by atoms with Crippen LogP contribution in [0.15, 0.2) is 61.1 Å². The Kier molecular flexibility index (Phi) is 1.83. The van der Waals surface area contributed by atoms with E-state index in [-0.39, 0.29) is 0 Å². The Hall–Kier alpha value is -2.55. The van der Waals surface area contributed by atoms with Gasteiger partial charge in [0.2, 0.25) is 0 Å². The fourth-order valence-corrected chi connectivity index (χ4v) is 2.37. The number of aromatic amines is 1. The Balaban J connectivity index is 2.00. The third kappa shape index (κ3) is 1.27. The van der Waals surface area contributed by atoms with Gasteiger partial charge in [0.25, 0.3) is 0 Å². The van der Waals surface area contributed by atoms with Crippen LogP contribution < -0.4 is 0 Å². The Labute approximate surface area is 104 Å². The third-order valence-corrected chi connectivity index (χ3v) is 3.26. The number of nitrogens with zero attached hydrogens (tertiary/aromatic N) is 2. The minimum Gasteiger partial charge on any atom is -0.361 e. The van der Waals surface area contributed by atoms with Crippen molar-refractivity contribution in [2.24, 2.45) is 0 Å². The molecule has 0 aliphatic heterocycles. The van der Waals surface area contributed by atoms with Gasteiger partial charge in [0, 0.05) is 40.6 Å². The van der Waals surface area contributed by atoms with Crippen molar-refractivity contribution in [2.75, 3.05) is 0 Å². The van der Waals surface area contributed by atoms with E-state index < -0.39 is 0 Å². The Morgan fingerprint density at radius 1 is 1.00 bits per heavy atom. The number of hydrogen-bond acceptors (Lipinski definition) is 1. The van der Waals surface area contributed by atoms with Crippen LogP contribution in [0.4, 0.5) is 0 Å². The molecule has 3 heteroatoms. The zero-order valence-corrected chi connectivity index (χ0v) is 9.67. The maximum Gasteiger partial charge on any atom is 0.144 e. The van der Waals surface area contributed by atoms with Crippen molar-refractivity contribution in [3.63, 3.8) is 0 Å². The van der Waals surface area contributed by atoms with Gasteiger partial charge in [-0.05, 0) is 42.5 Å². The topological polar surface area (TPSA) is 33.6 Å². The number of rotatable bonds is 1. The summed E-state index contributed by atoms with van der Waals surface area (Å²) >= 11 is 0. The summed E-state index contributed by atoms with van der Waals surface area (Å²) in [5.74, 6) is 0. The molecule has 0 radical (unpaired) electrons. The number of nitrogens with one attached hydrogen (secondary N) is 1. The summed E-state index contributed by atoms with van der Waals surface area (Å²) in [6.45, 7) is 0. The summed E-state index contributed by atoms with van der Waals surface area (Å²) in [5, 5.41) is 2.37. The highest BCUT2D eigenvalue weighted by Crippen LogP contribution is 2.21. The fraction of sp³-hybridized carbons (Fsp3) is 0. The van der Waals surface area contributed by atoms with Gasteiger partial charge in [0.15, 0.2) is 0 Å². The van der Waals surface area contributed by atoms with Crippen LogP contribution in [0, 0.1) is 0 Å². The van der Waals surface area contributed by atoms with Crippen molar-refractivity contribution in [1.29, 1.82) is 0 Å². The van der Waals surface area contributed by atoms with Gasteiger partial charge in [-0.3, -0.25) is 0 Å². The molecular formula is C15H11N3. The lowest BCUT2D eigenvalue weighted by atomic mass is 10.2. The first kappa shape index (κ1) is 9.48. The van der Waals surface area contributed by atoms with Gasteiger partial charge >= 0.3 is 0 Å². The van der Waals surface area contributed by atoms with E-state index in [0.29, 0.717) is 0 Å². The molecule has 3 nitrogen and oxygen atoms in total. The summed E-state index contributed by atoms with van der Waals surface area (Å²) in [6.07, 6.45) is 5.85. The van der Waals surface area contributed by atoms with E-state index in [4.69, 9.17) is 0 Å². The molecule has 4 aromatic rings. The van der Waals surface area contributed by atoms with E-state index in [1.807, 2.05) is 18.5 Å². The van der Waals surface area contributed by atoms with Gasteiger partial charge in [-0.25, -0.2) is 4.98 Å². The molecule has 0 bridgehead atoms. The first-order valence-electron chi connectivity index (χ1n) is 5.91. The van der Waals surface area contributed by atoms with Crippen LogP contribution in [0.1, 0.15) is 0 Å². The van der Waals surface area contributed by atoms with Crippen LogP contribution in [0.3, 0.4) is 0 Å². The second kappa shape index (κ2) is 3.47. The molecule has 4 rings (SSSR count). The number of benzene rings is 1. The molecule has 3 heterocycles. The van der Waals surface area contributed by atoms with Crippen LogP contribution in [-0.2, 0) is 0 Å². The van der Waals surface area contributed by atoms with Crippen LogP contribution >= 0.6 is 0 Å². The molecule has 0 spiro atoms. The zero-order valence-electron chi connectivity index (χ0n) is 9.67. The molecule has 0 saturated heterocycles. The number of pyridine rings is 1. The quantitative estimate of drug-likeness (QED) is 0.536. The lowest BCUT2D eigenvalue weighted by molar-refractivity contribution is 1.10. The number of hydrogen-bond donors (Lipinski definition) is 1. The summed E-state index contributed by atoms with van der Waals surface area (Å²) in [6, 6.07) is 14.6. The fourth-order valence-electron chi connectivity index (χ4n) is 2.37. The lowest BCUT2D eigenvalue weighted by Gasteiger charge is -2.04. The van der Waals surface area contributed by atoms with Gasteiger partial charge in [-0.1, -0.05) is 0 Å². The second-order valence-electron chi connectivity index (χ2n) is 4.35. The monoisotopic (exact) mass is 233 g/mol. The standard InChI is InChI=1S/C15H11N3/c1-2-11-6-9-18(15(11)17-7-1)13-3-4-14-12(10-13)5-8-16-14/h1-10,16H. The average Bonchev–Trinajstić information content (AvgIpc) is 3.04. The zero-order chi connectivity index (χ0) is 11.9. The van der Waals surface area contributed by atoms with E-state index in [1.54, 1.807) is 0 Å². The van der Waals surface area contributed by atoms with Crippen molar-refractivity contribution in [3.8, 4) is 5.69 Å². The van der Waals surface area contributed by atoms with E-state index in [9.17, 15) is 0 Å². The van der Waals surface area contributed by atoms with Gasteiger partial charge in [0.1, 0.15) is 5.65 Å². The van der Waals surface area contributed by atoms with Gasteiger partial charge in [0.05, 0.1) is 0 Å². The van der Waals surface area contributed by atoms with Crippen LogP contribution in [-0.4, -0.2) is 14.5 Å². The number of aromatic nitrogens is 3. The van der Waals surface area contributed by atoms with Crippen molar-refractivity contribution in [1.82, 2.24) is 14.5 Å². The van der Waals surface area contributed by atoms with Crippen LogP contribution in [0.2, 0.25) is 0 Å². The molecule has 0 aliphatic rings. The molecule has 0 fully saturated rings. The molecule has 0 atom stereocenters. The SMILES string of the molecule is c1cnc2c(c1)ccn2-c1ccc2[nH]ccc2c1. The Morgan fingerprint density at radius 3 is 3.00 bits per heavy atom. The second-order valence-corrected chi connectivity index (χ2v) is 4.35. The molecule has 3 aromatic heterocycles. The predicted molar refractivity (Wildman–Crippen MR) is 72.9 cm³/mol. The van der Waals surface area contributed by atoms with E-state index in [1.165, 1.54) is 5.39 Å². The van der Waals surface area contributed by atoms with E-state index in [0.717, 1.165) is 22.2 Å². The van der Waals surface area contributed by atoms with Crippen LogP contribution in [0.25, 0.3) is 27.6 Å². The van der Waals surface area contributed by atoms with E-state index >= 15 is 0 Å². The van der Waals surface area contributed by atoms with Crippen LogP contribution in [0.5, 0.6) is 0 Å². The van der Waals surface area contributed by atoms with Gasteiger partial charge in [-0.15, -0.1) is 0 Å². The molecule has 1 N–H and O–H groups in total. The average molecular weight is 233 g/mol. The molecule has 86 valence electrons. The van der Waals surface area contributed by atoms with E-state index in [2.05, 4.69) is 57.1 Å². The minimum absolute atomic E-state index is 0.993. The van der Waals surface area contributed by atoms with Crippen molar-refractivity contribution < 1.29 is 0 Å². The first-order valence-corrected chi connectivity index (χ1v) is 5.91. The van der Waals surface area contributed by atoms with Crippen molar-refractivity contribution in [2.45, 2.75) is 0 Å². The van der Waals surface area contributed by atoms with Gasteiger partial charge < -0.3 is 9.55 Å². The summed E-state index contributed by atoms with van der Waals surface area (Å²) in [7, 11) is 0. The maximum atomic E-state index is 4.44. The number of H-pyrrole nitrogens is 1. The molecule has 1 aromatic carbocycles. The Morgan fingerprint density at radius 2 is 2.00 bits per heavy atom. The van der Waals surface area contributed by atoms with Crippen molar-refractivity contribution >= 4 is 21.9 Å². The number of fused-ring (bicyclic) bond motifs is 2. The highest BCUT2D eigenvalue weighted by atomic mass is 15.0. The van der Waals surface area contributed by atoms with Gasteiger partial charge in [-0.2, -0.15) is 0 Å². The Bertz CT molecular complexity index is 839. The molecule has 0 amide bonds. The molecular weight excluding hydrogens is 222 g/mol. The highest BCUT2D eigenvalue weighted by molar-refractivity contribution is 5.83. The lowest BCUT2D eigenvalue weighted by Crippen LogP contribution is -1.92. The largest absolute Gasteiger partial charge is 0.361 e. The molecule has 0 aliphatic carbocycles. The minimum atomic E-state index is 0.993. The summed E-state index contributed by atoms with van der Waals surface area (Å²) in [5.41, 5.74) is 3.28. The summed E-state index contributed by atoms with van der Waals surface area (Å²) < 4.78 is 2.11. The highest BCUT2D eigenvalue weighted by Gasteiger charge is 2.04. The third-order valence-electron chi connectivity index (χ3n) is 3.26. The molecule has 18 heavy (non-hydrogen) atoms. The smallest absolute Gasteiger partial charge is 0.144 e. The maximum absolute atomic E-state index is 4.44. The van der Waals surface area contributed by atoms with Crippen molar-refractivity contribution in [3.05, 3.63) is 61.1 Å². The molecule has 0 unspecified atom stereocenters. The normalized spacial score (nSPS) is 11.3. The molecule has 0 saturated carbocycles. The predicted octanol–water partition coefficient (Wildman–Crippen LogP) is 3.51. The summed E-state index contributed by atoms with van der Waals surface area (Å²) in [4.78, 5) is 7.64.